The minimum atomic E-state index is -0.972. The molecule has 0 radical (unpaired) electrons. The monoisotopic (exact) mass is 293 g/mol. The Hall–Kier alpha value is -1.75. The zero-order chi connectivity index (χ0) is 15.0. The highest BCUT2D eigenvalue weighted by Crippen LogP contribution is 2.10. The van der Waals surface area contributed by atoms with Crippen LogP contribution in [0, 0.1) is 0 Å². The van der Waals surface area contributed by atoms with Crippen LogP contribution in [0.2, 0.25) is 0 Å². The molecule has 0 aromatic heterocycles. The number of amides is 1. The third kappa shape index (κ3) is 5.93. The molecule has 1 N–H and O–H groups in total. The van der Waals surface area contributed by atoms with Crippen molar-refractivity contribution in [2.24, 2.45) is 0 Å². The number of carbonyl (C=O) groups is 2. The Kier molecular flexibility index (Phi) is 6.87. The summed E-state index contributed by atoms with van der Waals surface area (Å²) in [5.41, 5.74) is 1.80. The lowest BCUT2D eigenvalue weighted by Gasteiger charge is -2.17. The molecular formula is C15H19NO3S. The van der Waals surface area contributed by atoms with Crippen LogP contribution in [0.1, 0.15) is 17.5 Å². The van der Waals surface area contributed by atoms with E-state index in [-0.39, 0.29) is 5.91 Å². The molecule has 0 fully saturated rings. The Morgan fingerprint density at radius 2 is 2.15 bits per heavy atom. The van der Waals surface area contributed by atoms with Gasteiger partial charge in [-0.1, -0.05) is 18.2 Å². The van der Waals surface area contributed by atoms with Crippen molar-refractivity contribution in [1.29, 1.82) is 0 Å². The van der Waals surface area contributed by atoms with Gasteiger partial charge in [0.1, 0.15) is 0 Å². The van der Waals surface area contributed by atoms with Crippen molar-refractivity contribution in [3.8, 4) is 0 Å². The van der Waals surface area contributed by atoms with E-state index < -0.39 is 5.97 Å². The van der Waals surface area contributed by atoms with E-state index in [4.69, 9.17) is 5.11 Å². The van der Waals surface area contributed by atoms with Gasteiger partial charge in [-0.05, 0) is 29.5 Å². The number of rotatable bonds is 7. The molecule has 0 saturated carbocycles. The third-order valence-corrected chi connectivity index (χ3v) is 3.35. The highest BCUT2D eigenvalue weighted by Gasteiger charge is 2.08. The summed E-state index contributed by atoms with van der Waals surface area (Å²) >= 11 is 1.65. The van der Waals surface area contributed by atoms with Gasteiger partial charge in [-0.3, -0.25) is 4.79 Å². The van der Waals surface area contributed by atoms with E-state index in [1.807, 2.05) is 30.5 Å². The van der Waals surface area contributed by atoms with Crippen molar-refractivity contribution in [2.75, 3.05) is 19.1 Å². The van der Waals surface area contributed by atoms with Crippen molar-refractivity contribution in [3.63, 3.8) is 0 Å². The largest absolute Gasteiger partial charge is 0.478 e. The summed E-state index contributed by atoms with van der Waals surface area (Å²) < 4.78 is 0. The first kappa shape index (κ1) is 16.3. The lowest BCUT2D eigenvalue weighted by Crippen LogP contribution is -2.26. The molecule has 1 aromatic carbocycles. The van der Waals surface area contributed by atoms with E-state index in [1.165, 1.54) is 0 Å². The predicted molar refractivity (Wildman–Crippen MR) is 82.6 cm³/mol. The second-order valence-electron chi connectivity index (χ2n) is 4.41. The highest BCUT2D eigenvalue weighted by molar-refractivity contribution is 7.98. The fraction of sp³-hybridized carbons (Fsp3) is 0.333. The topological polar surface area (TPSA) is 57.6 Å². The van der Waals surface area contributed by atoms with E-state index in [0.29, 0.717) is 13.0 Å². The van der Waals surface area contributed by atoms with Gasteiger partial charge < -0.3 is 10.0 Å². The van der Waals surface area contributed by atoms with Crippen LogP contribution in [0.3, 0.4) is 0 Å². The molecule has 0 unspecified atom stereocenters. The summed E-state index contributed by atoms with van der Waals surface area (Å²) in [6, 6.07) is 7.50. The molecule has 5 heteroatoms. The van der Waals surface area contributed by atoms with Gasteiger partial charge in [0.05, 0.1) is 0 Å². The molecular weight excluding hydrogens is 274 g/mol. The number of thioether (sulfide) groups is 1. The Labute approximate surface area is 123 Å². The van der Waals surface area contributed by atoms with Crippen LogP contribution < -0.4 is 0 Å². The average Bonchev–Trinajstić information content (AvgIpc) is 2.42. The number of nitrogens with zero attached hydrogens (tertiary/aromatic N) is 1. The van der Waals surface area contributed by atoms with Crippen molar-refractivity contribution in [2.45, 2.75) is 13.0 Å². The maximum atomic E-state index is 11.8. The number of hydrogen-bond acceptors (Lipinski definition) is 3. The van der Waals surface area contributed by atoms with E-state index in [1.54, 1.807) is 29.8 Å². The molecule has 0 aliphatic carbocycles. The lowest BCUT2D eigenvalue weighted by atomic mass is 10.1. The van der Waals surface area contributed by atoms with E-state index in [9.17, 15) is 9.59 Å². The molecule has 0 aliphatic rings. The highest BCUT2D eigenvalue weighted by atomic mass is 32.2. The molecule has 0 saturated heterocycles. The molecule has 1 amide bonds. The number of carboxylic acids is 1. The molecule has 0 atom stereocenters. The van der Waals surface area contributed by atoms with Gasteiger partial charge in [0, 0.05) is 31.8 Å². The summed E-state index contributed by atoms with van der Waals surface area (Å²) in [5, 5.41) is 8.60. The smallest absolute Gasteiger partial charge is 0.328 e. The lowest BCUT2D eigenvalue weighted by molar-refractivity contribution is -0.131. The zero-order valence-corrected chi connectivity index (χ0v) is 12.5. The number of carbonyl (C=O) groups excluding carboxylic acids is 1. The van der Waals surface area contributed by atoms with Crippen molar-refractivity contribution < 1.29 is 14.7 Å². The van der Waals surface area contributed by atoms with E-state index in [0.717, 1.165) is 23.0 Å². The first-order valence-corrected chi connectivity index (χ1v) is 7.65. The average molecular weight is 293 g/mol. The second-order valence-corrected chi connectivity index (χ2v) is 5.39. The Morgan fingerprint density at radius 3 is 2.80 bits per heavy atom. The second kappa shape index (κ2) is 8.43. The standard InChI is InChI=1S/C15H19NO3S/c1-16(14(17)8-9-20-2)11-13-5-3-4-12(10-13)6-7-15(18)19/h3-7,10H,8-9,11H2,1-2H3,(H,18,19). The van der Waals surface area contributed by atoms with Crippen LogP contribution in [0.4, 0.5) is 0 Å². The number of carboxylic acid groups (broad SMARTS) is 1. The Morgan fingerprint density at radius 1 is 1.40 bits per heavy atom. The quantitative estimate of drug-likeness (QED) is 0.785. The van der Waals surface area contributed by atoms with Gasteiger partial charge in [0.2, 0.25) is 5.91 Å². The molecule has 0 bridgehead atoms. The fourth-order valence-corrected chi connectivity index (χ4v) is 2.08. The summed E-state index contributed by atoms with van der Waals surface area (Å²) in [6.45, 7) is 0.530. The molecule has 0 heterocycles. The van der Waals surface area contributed by atoms with Crippen molar-refractivity contribution in [3.05, 3.63) is 41.5 Å². The van der Waals surface area contributed by atoms with Crippen LogP contribution in [0.15, 0.2) is 30.3 Å². The summed E-state index contributed by atoms with van der Waals surface area (Å²) in [6.07, 6.45) is 5.16. The number of hydrogen-bond donors (Lipinski definition) is 1. The van der Waals surface area contributed by atoms with Gasteiger partial charge in [-0.15, -0.1) is 0 Å². The van der Waals surface area contributed by atoms with E-state index in [2.05, 4.69) is 0 Å². The maximum Gasteiger partial charge on any atom is 0.328 e. The van der Waals surface area contributed by atoms with E-state index >= 15 is 0 Å². The van der Waals surface area contributed by atoms with Gasteiger partial charge in [-0.25, -0.2) is 4.79 Å². The summed E-state index contributed by atoms with van der Waals surface area (Å²) in [4.78, 5) is 24.0. The van der Waals surface area contributed by atoms with Crippen LogP contribution in [-0.2, 0) is 16.1 Å². The van der Waals surface area contributed by atoms with Gasteiger partial charge in [0.15, 0.2) is 0 Å². The SMILES string of the molecule is CSCCC(=O)N(C)Cc1cccc(C=CC(=O)O)c1. The third-order valence-electron chi connectivity index (χ3n) is 2.73. The maximum absolute atomic E-state index is 11.8. The number of benzene rings is 1. The molecule has 108 valence electrons. The number of aliphatic carboxylic acids is 1. The van der Waals surface area contributed by atoms with Gasteiger partial charge in [-0.2, -0.15) is 11.8 Å². The van der Waals surface area contributed by atoms with Crippen molar-refractivity contribution in [1.82, 2.24) is 4.90 Å². The van der Waals surface area contributed by atoms with Gasteiger partial charge in [0.25, 0.3) is 0 Å². The van der Waals surface area contributed by atoms with Crippen LogP contribution >= 0.6 is 11.8 Å². The first-order valence-electron chi connectivity index (χ1n) is 6.25. The van der Waals surface area contributed by atoms with Crippen LogP contribution in [-0.4, -0.2) is 40.9 Å². The summed E-state index contributed by atoms with van der Waals surface area (Å²) in [5.74, 6) is -0.0320. The summed E-state index contributed by atoms with van der Waals surface area (Å²) in [7, 11) is 1.78. The first-order chi connectivity index (χ1) is 9.52. The Bertz CT molecular complexity index is 500. The molecule has 20 heavy (non-hydrogen) atoms. The molecule has 1 aromatic rings. The van der Waals surface area contributed by atoms with Crippen molar-refractivity contribution >= 4 is 29.7 Å². The fourth-order valence-electron chi connectivity index (χ4n) is 1.70. The van der Waals surface area contributed by atoms with Crippen LogP contribution in [0.25, 0.3) is 6.08 Å². The zero-order valence-electron chi connectivity index (χ0n) is 11.7. The Balaban J connectivity index is 2.66. The molecule has 0 spiro atoms. The van der Waals surface area contributed by atoms with Crippen LogP contribution in [0.5, 0.6) is 0 Å². The minimum absolute atomic E-state index is 0.117. The normalized spacial score (nSPS) is 10.7. The minimum Gasteiger partial charge on any atom is -0.478 e. The molecule has 1 rings (SSSR count). The molecule has 4 nitrogen and oxygen atoms in total. The van der Waals surface area contributed by atoms with Gasteiger partial charge >= 0.3 is 5.97 Å². The predicted octanol–water partition coefficient (Wildman–Crippen LogP) is 2.50. The molecule has 0 aliphatic heterocycles.